The molecule has 8 rings (SSSR count). The van der Waals surface area contributed by atoms with Gasteiger partial charge in [-0.25, -0.2) is 13.6 Å². The molecule has 8 atom stereocenters. The van der Waals surface area contributed by atoms with Crippen LogP contribution in [0.25, 0.3) is 10.9 Å². The van der Waals surface area contributed by atoms with Crippen molar-refractivity contribution in [2.75, 3.05) is 66.0 Å². The van der Waals surface area contributed by atoms with Gasteiger partial charge in [0.15, 0.2) is 6.10 Å². The number of hydrogen-bond donors (Lipinski definition) is 2. The van der Waals surface area contributed by atoms with Crippen LogP contribution in [0, 0.1) is 14.9 Å². The Morgan fingerprint density at radius 3 is 2.40 bits per heavy atom. The normalized spacial score (nSPS) is 32.3. The zero-order valence-corrected chi connectivity index (χ0v) is 39.1. The minimum Gasteiger partial charge on any atom is -0.496 e. The van der Waals surface area contributed by atoms with Crippen molar-refractivity contribution in [1.82, 2.24) is 14.8 Å². The second-order valence-corrected chi connectivity index (χ2v) is 19.4. The monoisotopic (exact) mass is 972 g/mol. The molecule has 5 heterocycles. The summed E-state index contributed by atoms with van der Waals surface area (Å²) in [5.41, 5.74) is -1.63. The number of likely N-dealkylation sites (N-methyl/N-ethyl adjacent to an activating group) is 2. The molecule has 2 aromatic carbocycles. The van der Waals surface area contributed by atoms with Crippen LogP contribution in [0.3, 0.4) is 0 Å². The second kappa shape index (κ2) is 16.0. The van der Waals surface area contributed by atoms with Crippen LogP contribution >= 0.6 is 22.6 Å². The van der Waals surface area contributed by atoms with Gasteiger partial charge < -0.3 is 38.8 Å². The molecule has 62 heavy (non-hydrogen) atoms. The predicted molar refractivity (Wildman–Crippen MR) is 239 cm³/mol. The number of carbonyl (C=O) groups is 3. The molecule has 0 radical (unpaired) electrons. The molecule has 0 amide bonds. The summed E-state index contributed by atoms with van der Waals surface area (Å²) in [7, 11) is 5.94. The molecule has 2 N–H and O–H groups in total. The van der Waals surface area contributed by atoms with Crippen LogP contribution in [0.15, 0.2) is 42.5 Å². The van der Waals surface area contributed by atoms with Crippen molar-refractivity contribution < 1.29 is 47.2 Å². The zero-order chi connectivity index (χ0) is 44.7. The van der Waals surface area contributed by atoms with Crippen LogP contribution in [-0.2, 0) is 45.8 Å². The van der Waals surface area contributed by atoms with Crippen molar-refractivity contribution in [3.63, 3.8) is 0 Å². The summed E-state index contributed by atoms with van der Waals surface area (Å²) in [6.07, 6.45) is 4.66. The van der Waals surface area contributed by atoms with Gasteiger partial charge in [0.05, 0.1) is 27.4 Å². The summed E-state index contributed by atoms with van der Waals surface area (Å²) in [5.74, 6) is -5.69. The highest BCUT2D eigenvalue weighted by Gasteiger charge is 2.80. The average molecular weight is 973 g/mol. The van der Waals surface area contributed by atoms with Gasteiger partial charge in [-0.05, 0) is 110 Å². The number of aromatic nitrogens is 1. The van der Waals surface area contributed by atoms with E-state index >= 15 is 13.6 Å². The Morgan fingerprint density at radius 1 is 1.02 bits per heavy atom. The molecule has 4 aliphatic heterocycles. The maximum Gasteiger partial charge on any atom is 0.344 e. The third-order valence-electron chi connectivity index (χ3n) is 15.4. The molecule has 336 valence electrons. The standard InChI is InChI=1S/C47H59F2IN4O8/c1-9-44-17-12-20-54-22-19-46(38(44)54)32-24-33(36(59-6)25-35(32)52(5)39(46)47(58,42(57)61-8)40(44)62-27(3)55)45(41(56)60-7)18-11-13-28(43(4,48)49)26-53(10-2)21-16-30-31-23-29(50)14-15-34(31)51-37(30)45/h12,14-15,17,23-25,28,38-40,51,58H,9-11,13,16,18-22,26H2,1-8H3/t28?,38-,39+,40+,44+,45-,46+,47-/m0/s1. The largest absolute Gasteiger partial charge is 0.496 e. The minimum absolute atomic E-state index is 0.120. The fourth-order valence-corrected chi connectivity index (χ4v) is 13.4. The number of nitrogens with one attached hydrogen (secondary N) is 1. The summed E-state index contributed by atoms with van der Waals surface area (Å²) in [6, 6.07) is 8.63. The van der Waals surface area contributed by atoms with E-state index in [0.717, 1.165) is 32.5 Å². The number of aromatic amines is 1. The maximum atomic E-state index is 15.5. The lowest BCUT2D eigenvalue weighted by Gasteiger charge is -2.63. The first-order chi connectivity index (χ1) is 29.4. The van der Waals surface area contributed by atoms with Gasteiger partial charge in [-0.3, -0.25) is 14.5 Å². The van der Waals surface area contributed by atoms with Crippen molar-refractivity contribution in [3.8, 4) is 5.75 Å². The molecular weight excluding hydrogens is 913 g/mol. The molecular formula is C47H59F2IN4O8. The predicted octanol–water partition coefficient (Wildman–Crippen LogP) is 6.51. The minimum atomic E-state index is -2.97. The van der Waals surface area contributed by atoms with Crippen LogP contribution in [0.4, 0.5) is 14.5 Å². The lowest BCUT2D eigenvalue weighted by atomic mass is 9.47. The number of ether oxygens (including phenoxy) is 4. The Kier molecular flexibility index (Phi) is 11.6. The highest BCUT2D eigenvalue weighted by atomic mass is 127. The van der Waals surface area contributed by atoms with Gasteiger partial charge in [-0.2, -0.15) is 0 Å². The van der Waals surface area contributed by atoms with E-state index in [1.54, 1.807) is 0 Å². The van der Waals surface area contributed by atoms with Crippen molar-refractivity contribution in [2.45, 2.75) is 107 Å². The van der Waals surface area contributed by atoms with Crippen LogP contribution < -0.4 is 9.64 Å². The number of halogens is 3. The maximum absolute atomic E-state index is 15.5. The van der Waals surface area contributed by atoms with Crippen LogP contribution in [0.2, 0.25) is 0 Å². The Morgan fingerprint density at radius 2 is 1.76 bits per heavy atom. The number of aliphatic hydroxyl groups is 1. The Balaban J connectivity index is 1.45. The number of H-pyrrole nitrogens is 1. The van der Waals surface area contributed by atoms with Gasteiger partial charge in [0.25, 0.3) is 0 Å². The molecule has 0 bridgehead atoms. The molecule has 1 saturated carbocycles. The first-order valence-corrected chi connectivity index (χ1v) is 22.9. The van der Waals surface area contributed by atoms with E-state index in [9.17, 15) is 14.7 Å². The average Bonchev–Trinajstić information content (AvgIpc) is 3.89. The Hall–Kier alpha value is -3.80. The van der Waals surface area contributed by atoms with E-state index in [4.69, 9.17) is 18.9 Å². The number of methoxy groups -OCH3 is 3. The van der Waals surface area contributed by atoms with Gasteiger partial charge in [-0.15, -0.1) is 0 Å². The molecule has 3 aromatic rings. The lowest BCUT2D eigenvalue weighted by Crippen LogP contribution is -2.81. The summed E-state index contributed by atoms with van der Waals surface area (Å²) in [6.45, 7) is 8.73. The molecule has 15 heteroatoms. The van der Waals surface area contributed by atoms with Crippen molar-refractivity contribution in [3.05, 3.63) is 68.4 Å². The number of alkyl halides is 2. The van der Waals surface area contributed by atoms with Crippen LogP contribution in [-0.4, -0.2) is 129 Å². The van der Waals surface area contributed by atoms with E-state index in [1.807, 2.05) is 62.2 Å². The summed E-state index contributed by atoms with van der Waals surface area (Å²) >= 11 is 2.28. The molecule has 1 aliphatic carbocycles. The number of carbonyl (C=O) groups excluding carboxylic acids is 3. The topological polar surface area (TPSA) is 134 Å². The fourth-order valence-electron chi connectivity index (χ4n) is 12.9. The number of nitrogens with zero attached hydrogens (tertiary/aromatic N) is 3. The van der Waals surface area contributed by atoms with Crippen LogP contribution in [0.1, 0.15) is 82.2 Å². The first kappa shape index (κ1) is 44.8. The van der Waals surface area contributed by atoms with Gasteiger partial charge >= 0.3 is 17.9 Å². The van der Waals surface area contributed by atoms with E-state index in [0.29, 0.717) is 68.1 Å². The first-order valence-electron chi connectivity index (χ1n) is 21.8. The van der Waals surface area contributed by atoms with E-state index in [1.165, 1.54) is 28.3 Å². The molecule has 1 saturated heterocycles. The summed E-state index contributed by atoms with van der Waals surface area (Å²) in [5, 5.41) is 14.3. The fraction of sp³-hybridized carbons (Fsp3) is 0.596. The van der Waals surface area contributed by atoms with Crippen molar-refractivity contribution in [1.29, 1.82) is 0 Å². The Bertz CT molecular complexity index is 2320. The quantitative estimate of drug-likeness (QED) is 0.111. The Labute approximate surface area is 375 Å². The highest BCUT2D eigenvalue weighted by Crippen LogP contribution is 2.68. The summed E-state index contributed by atoms with van der Waals surface area (Å²) < 4.78 is 55.8. The highest BCUT2D eigenvalue weighted by molar-refractivity contribution is 14.1. The van der Waals surface area contributed by atoms with Gasteiger partial charge in [0.1, 0.15) is 11.2 Å². The smallest absolute Gasteiger partial charge is 0.344 e. The number of benzene rings is 2. The van der Waals surface area contributed by atoms with E-state index in [2.05, 4.69) is 43.4 Å². The number of anilines is 1. The van der Waals surface area contributed by atoms with E-state index < -0.39 is 63.7 Å². The molecule has 5 aliphatic rings. The lowest BCUT2D eigenvalue weighted by molar-refractivity contribution is -0.228. The van der Waals surface area contributed by atoms with Gasteiger partial charge in [0.2, 0.25) is 11.5 Å². The molecule has 12 nitrogen and oxygen atoms in total. The number of esters is 3. The SMILES string of the molecule is CCN1CCc2c([nH]c3ccc(I)cc23)[C@@](C(=O)OC)(c2cc3c(cc2OC)N(C)[C@H]2[C@@](O)(C(=O)OC)[C@H](OC(C)=O)[C@]4(CC)C=CCN5CC[C@]32[C@@H]54)CCCC(C(C)(F)F)C1. The van der Waals surface area contributed by atoms with E-state index in [-0.39, 0.29) is 31.8 Å². The second-order valence-electron chi connectivity index (χ2n) is 18.2. The third kappa shape index (κ3) is 6.27. The zero-order valence-electron chi connectivity index (χ0n) is 36.9. The van der Waals surface area contributed by atoms with Gasteiger partial charge in [-0.1, -0.05) is 32.4 Å². The van der Waals surface area contributed by atoms with Crippen molar-refractivity contribution in [2.24, 2.45) is 11.3 Å². The van der Waals surface area contributed by atoms with Crippen molar-refractivity contribution >= 4 is 57.1 Å². The van der Waals surface area contributed by atoms with Crippen LogP contribution in [0.5, 0.6) is 5.75 Å². The van der Waals surface area contributed by atoms with Gasteiger partial charge in [0, 0.05) is 93.9 Å². The number of rotatable bonds is 8. The molecule has 2 fully saturated rings. The molecule has 1 aromatic heterocycles. The molecule has 1 unspecified atom stereocenters. The number of fused-ring (bicyclic) bond motifs is 4. The summed E-state index contributed by atoms with van der Waals surface area (Å²) in [4.78, 5) is 52.7. The third-order valence-corrected chi connectivity index (χ3v) is 16.1. The number of hydrogen-bond acceptors (Lipinski definition) is 11. The molecule has 1 spiro atoms.